The summed E-state index contributed by atoms with van der Waals surface area (Å²) in [5.41, 5.74) is 4.74. The Morgan fingerprint density at radius 3 is 2.39 bits per heavy atom. The molecule has 0 saturated carbocycles. The van der Waals surface area contributed by atoms with Gasteiger partial charge in [-0.05, 0) is 45.5 Å². The van der Waals surface area contributed by atoms with Crippen LogP contribution in [0.4, 0.5) is 11.4 Å². The number of carbonyl (C=O) groups excluding carboxylic acids is 1. The van der Waals surface area contributed by atoms with Gasteiger partial charge in [-0.25, -0.2) is 5.10 Å². The molecule has 1 aliphatic heterocycles. The molecule has 1 fully saturated rings. The van der Waals surface area contributed by atoms with Crippen LogP contribution in [0.5, 0.6) is 0 Å². The van der Waals surface area contributed by atoms with E-state index in [1.807, 2.05) is 24.3 Å². The molecular formula is C27H37N7O2. The van der Waals surface area contributed by atoms with Crippen LogP contribution in [0.3, 0.4) is 0 Å². The second-order valence-corrected chi connectivity index (χ2v) is 10.2. The Morgan fingerprint density at radius 1 is 1.06 bits per heavy atom. The van der Waals surface area contributed by atoms with Crippen molar-refractivity contribution >= 4 is 17.3 Å². The summed E-state index contributed by atoms with van der Waals surface area (Å²) in [5.74, 6) is 1.56. The van der Waals surface area contributed by atoms with Crippen LogP contribution in [0.25, 0.3) is 22.5 Å². The third kappa shape index (κ3) is 6.67. The Hall–Kier alpha value is -3.30. The van der Waals surface area contributed by atoms with Crippen molar-refractivity contribution in [3.8, 4) is 22.5 Å². The number of nitrogens with zero attached hydrogens (tertiary/aromatic N) is 5. The molecule has 4 rings (SSSR count). The average molecular weight is 492 g/mol. The van der Waals surface area contributed by atoms with Crippen LogP contribution in [-0.4, -0.2) is 77.4 Å². The number of anilines is 2. The van der Waals surface area contributed by atoms with E-state index in [1.54, 1.807) is 0 Å². The fourth-order valence-electron chi connectivity index (χ4n) is 4.60. The fraction of sp³-hybridized carbons (Fsp3) is 0.481. The molecule has 1 amide bonds. The molecule has 0 bridgehead atoms. The summed E-state index contributed by atoms with van der Waals surface area (Å²) >= 11 is 0. The summed E-state index contributed by atoms with van der Waals surface area (Å²) < 4.78 is 5.43. The highest BCUT2D eigenvalue weighted by molar-refractivity contribution is 5.97. The van der Waals surface area contributed by atoms with Crippen molar-refractivity contribution in [2.24, 2.45) is 11.8 Å². The van der Waals surface area contributed by atoms with Crippen molar-refractivity contribution in [3.05, 3.63) is 42.5 Å². The van der Waals surface area contributed by atoms with Crippen LogP contribution in [0.2, 0.25) is 0 Å². The molecule has 1 saturated heterocycles. The second-order valence-electron chi connectivity index (χ2n) is 10.2. The zero-order valence-electron chi connectivity index (χ0n) is 21.7. The smallest absolute Gasteiger partial charge is 0.238 e. The normalized spacial score (nSPS) is 14.4. The number of hydrogen-bond acceptors (Lipinski definition) is 7. The number of morpholine rings is 1. The van der Waals surface area contributed by atoms with E-state index in [0.717, 1.165) is 54.2 Å². The Bertz CT molecular complexity index is 1110. The predicted octanol–water partition coefficient (Wildman–Crippen LogP) is 3.92. The molecule has 0 unspecified atom stereocenters. The van der Waals surface area contributed by atoms with Gasteiger partial charge >= 0.3 is 0 Å². The van der Waals surface area contributed by atoms with Gasteiger partial charge in [-0.15, -0.1) is 5.10 Å². The number of tetrazole rings is 1. The summed E-state index contributed by atoms with van der Waals surface area (Å²) in [4.78, 5) is 17.7. The van der Waals surface area contributed by atoms with E-state index >= 15 is 0 Å². The quantitative estimate of drug-likeness (QED) is 0.443. The van der Waals surface area contributed by atoms with Gasteiger partial charge in [0.15, 0.2) is 5.82 Å². The van der Waals surface area contributed by atoms with Crippen LogP contribution in [-0.2, 0) is 9.53 Å². The first-order valence-electron chi connectivity index (χ1n) is 12.7. The van der Waals surface area contributed by atoms with Gasteiger partial charge in [-0.3, -0.25) is 9.69 Å². The minimum Gasteiger partial charge on any atom is -0.379 e. The molecule has 2 heterocycles. The number of benzene rings is 2. The molecule has 192 valence electrons. The van der Waals surface area contributed by atoms with E-state index in [-0.39, 0.29) is 5.91 Å². The number of aromatic nitrogens is 4. The lowest BCUT2D eigenvalue weighted by Gasteiger charge is -2.31. The molecule has 0 radical (unpaired) electrons. The van der Waals surface area contributed by atoms with E-state index in [0.29, 0.717) is 37.4 Å². The van der Waals surface area contributed by atoms with E-state index < -0.39 is 0 Å². The summed E-state index contributed by atoms with van der Waals surface area (Å²) in [5, 5.41) is 17.7. The molecule has 1 aromatic heterocycles. The van der Waals surface area contributed by atoms with E-state index in [9.17, 15) is 4.79 Å². The van der Waals surface area contributed by atoms with Gasteiger partial charge in [0, 0.05) is 31.7 Å². The molecule has 2 N–H and O–H groups in total. The zero-order valence-corrected chi connectivity index (χ0v) is 21.7. The number of rotatable bonds is 10. The molecule has 2 aromatic carbocycles. The summed E-state index contributed by atoms with van der Waals surface area (Å²) in [7, 11) is 0. The standard InChI is InChI=1S/C27H37N7O2/c1-19(2)16-34(17-20(3)4)25-10-9-21(22-7-5-6-8-23(22)27-29-31-32-30-27)15-24(25)28-26(35)18-33-11-13-36-14-12-33/h5-10,15,19-20H,11-14,16-18H2,1-4H3,(H,28,35)(H,29,30,31,32). The number of ether oxygens (including phenoxy) is 1. The SMILES string of the molecule is CC(C)CN(CC(C)C)c1ccc(-c2ccccc2-c2nnn[nH]2)cc1NC(=O)CN1CCOCC1. The van der Waals surface area contributed by atoms with Crippen LogP contribution in [0.1, 0.15) is 27.7 Å². The highest BCUT2D eigenvalue weighted by Gasteiger charge is 2.20. The number of hydrogen-bond donors (Lipinski definition) is 2. The van der Waals surface area contributed by atoms with Crippen molar-refractivity contribution in [1.82, 2.24) is 25.5 Å². The Kier molecular flexibility index (Phi) is 8.66. The molecule has 0 aliphatic carbocycles. The number of nitrogens with one attached hydrogen (secondary N) is 2. The number of aromatic amines is 1. The van der Waals surface area contributed by atoms with Gasteiger partial charge in [0.05, 0.1) is 31.1 Å². The monoisotopic (exact) mass is 491 g/mol. The minimum absolute atomic E-state index is 0.0166. The van der Waals surface area contributed by atoms with Gasteiger partial charge in [-0.1, -0.05) is 58.0 Å². The van der Waals surface area contributed by atoms with Gasteiger partial charge in [-0.2, -0.15) is 0 Å². The number of amides is 1. The summed E-state index contributed by atoms with van der Waals surface area (Å²) in [6, 6.07) is 14.3. The van der Waals surface area contributed by atoms with Gasteiger partial charge in [0.1, 0.15) is 0 Å². The highest BCUT2D eigenvalue weighted by atomic mass is 16.5. The van der Waals surface area contributed by atoms with E-state index in [2.05, 4.69) is 81.6 Å². The van der Waals surface area contributed by atoms with Crippen LogP contribution < -0.4 is 10.2 Å². The molecule has 36 heavy (non-hydrogen) atoms. The Labute approximate surface area is 213 Å². The molecule has 9 nitrogen and oxygen atoms in total. The topological polar surface area (TPSA) is 99.3 Å². The van der Waals surface area contributed by atoms with Crippen molar-refractivity contribution in [2.75, 3.05) is 56.2 Å². The number of H-pyrrole nitrogens is 1. The van der Waals surface area contributed by atoms with Gasteiger partial charge < -0.3 is 15.0 Å². The maximum absolute atomic E-state index is 13.2. The summed E-state index contributed by atoms with van der Waals surface area (Å²) in [6.45, 7) is 13.9. The first-order valence-corrected chi connectivity index (χ1v) is 12.7. The maximum atomic E-state index is 13.2. The van der Waals surface area contributed by atoms with E-state index in [1.165, 1.54) is 0 Å². The third-order valence-electron chi connectivity index (χ3n) is 6.09. The lowest BCUT2D eigenvalue weighted by molar-refractivity contribution is -0.118. The average Bonchev–Trinajstić information content (AvgIpc) is 3.38. The molecule has 0 atom stereocenters. The van der Waals surface area contributed by atoms with E-state index in [4.69, 9.17) is 4.74 Å². The van der Waals surface area contributed by atoms with Crippen LogP contribution >= 0.6 is 0 Å². The minimum atomic E-state index is -0.0166. The fourth-order valence-corrected chi connectivity index (χ4v) is 4.60. The van der Waals surface area contributed by atoms with Crippen molar-refractivity contribution < 1.29 is 9.53 Å². The number of carbonyl (C=O) groups is 1. The highest BCUT2D eigenvalue weighted by Crippen LogP contribution is 2.36. The second kappa shape index (κ2) is 12.1. The Morgan fingerprint density at radius 2 is 1.75 bits per heavy atom. The lowest BCUT2D eigenvalue weighted by atomic mass is 9.97. The molecule has 9 heteroatoms. The third-order valence-corrected chi connectivity index (χ3v) is 6.09. The van der Waals surface area contributed by atoms with Crippen LogP contribution in [0, 0.1) is 11.8 Å². The Balaban J connectivity index is 1.71. The van der Waals surface area contributed by atoms with Gasteiger partial charge in [0.2, 0.25) is 5.91 Å². The van der Waals surface area contributed by atoms with Crippen molar-refractivity contribution in [3.63, 3.8) is 0 Å². The largest absolute Gasteiger partial charge is 0.379 e. The van der Waals surface area contributed by atoms with Crippen LogP contribution in [0.15, 0.2) is 42.5 Å². The summed E-state index contributed by atoms with van der Waals surface area (Å²) in [6.07, 6.45) is 0. The first kappa shape index (κ1) is 25.8. The van der Waals surface area contributed by atoms with Crippen molar-refractivity contribution in [2.45, 2.75) is 27.7 Å². The first-order chi connectivity index (χ1) is 17.4. The maximum Gasteiger partial charge on any atom is 0.238 e. The molecule has 3 aromatic rings. The molecule has 1 aliphatic rings. The van der Waals surface area contributed by atoms with Crippen molar-refractivity contribution in [1.29, 1.82) is 0 Å². The van der Waals surface area contributed by atoms with Gasteiger partial charge in [0.25, 0.3) is 0 Å². The zero-order chi connectivity index (χ0) is 25.5. The predicted molar refractivity (Wildman–Crippen MR) is 143 cm³/mol. The lowest BCUT2D eigenvalue weighted by Crippen LogP contribution is -2.41. The molecule has 0 spiro atoms. The molecular weight excluding hydrogens is 454 g/mol.